The quantitative estimate of drug-likeness (QED) is 0.535. The Hall–Kier alpha value is -3.94. The number of hydrogen-bond donors (Lipinski definition) is 1. The van der Waals surface area contributed by atoms with Gasteiger partial charge in [-0.1, -0.05) is 30.3 Å². The third-order valence-electron chi connectivity index (χ3n) is 5.10. The highest BCUT2D eigenvalue weighted by Gasteiger charge is 2.22. The van der Waals surface area contributed by atoms with Gasteiger partial charge in [0.15, 0.2) is 6.10 Å². The Balaban J connectivity index is 1.37. The Morgan fingerprint density at radius 1 is 1.00 bits per heavy atom. The number of nitrogens with one attached hydrogen (secondary N) is 1. The molecule has 31 heavy (non-hydrogen) atoms. The van der Waals surface area contributed by atoms with Gasteiger partial charge in [-0.3, -0.25) is 4.79 Å². The fourth-order valence-electron chi connectivity index (χ4n) is 3.51. The van der Waals surface area contributed by atoms with E-state index in [2.05, 4.69) is 20.4 Å². The first kappa shape index (κ1) is 19.0. The van der Waals surface area contributed by atoms with E-state index in [1.54, 1.807) is 28.8 Å². The maximum Gasteiger partial charge on any atom is 0.261 e. The predicted octanol–water partition coefficient (Wildman–Crippen LogP) is 3.63. The first-order valence-electron chi connectivity index (χ1n) is 10.2. The van der Waals surface area contributed by atoms with Gasteiger partial charge in [0.25, 0.3) is 11.7 Å². The van der Waals surface area contributed by atoms with Gasteiger partial charge in [0.1, 0.15) is 17.8 Å². The van der Waals surface area contributed by atoms with Gasteiger partial charge in [0.05, 0.1) is 5.69 Å². The molecule has 2 aromatic carbocycles. The number of benzene rings is 2. The van der Waals surface area contributed by atoms with Gasteiger partial charge >= 0.3 is 0 Å². The summed E-state index contributed by atoms with van der Waals surface area (Å²) in [5.41, 5.74) is 1.71. The highest BCUT2D eigenvalue weighted by molar-refractivity contribution is 5.81. The maximum absolute atomic E-state index is 12.1. The van der Waals surface area contributed by atoms with Gasteiger partial charge in [-0.2, -0.15) is 14.6 Å². The zero-order valence-electron chi connectivity index (χ0n) is 16.8. The van der Waals surface area contributed by atoms with E-state index < -0.39 is 6.10 Å². The lowest BCUT2D eigenvalue weighted by atomic mass is 10.1. The molecule has 1 amide bonds. The number of ether oxygens (including phenoxy) is 2. The highest BCUT2D eigenvalue weighted by Crippen LogP contribution is 2.28. The predicted molar refractivity (Wildman–Crippen MR) is 114 cm³/mol. The van der Waals surface area contributed by atoms with Gasteiger partial charge in [-0.25, -0.2) is 4.98 Å². The van der Waals surface area contributed by atoms with E-state index in [1.807, 2.05) is 36.4 Å². The summed E-state index contributed by atoms with van der Waals surface area (Å²) >= 11 is 0. The summed E-state index contributed by atoms with van der Waals surface area (Å²) in [4.78, 5) is 20.8. The molecule has 0 spiro atoms. The summed E-state index contributed by atoms with van der Waals surface area (Å²) in [6.45, 7) is 0.707. The van der Waals surface area contributed by atoms with Crippen LogP contribution in [0.2, 0.25) is 0 Å². The summed E-state index contributed by atoms with van der Waals surface area (Å²) in [5.74, 6) is 2.13. The molecule has 1 fully saturated rings. The largest absolute Gasteiger partial charge is 0.481 e. The van der Waals surface area contributed by atoms with Crippen LogP contribution in [0.4, 0.5) is 0 Å². The minimum Gasteiger partial charge on any atom is -0.481 e. The Bertz CT molecular complexity index is 1190. The van der Waals surface area contributed by atoms with Crippen LogP contribution >= 0.6 is 0 Å². The molecule has 1 N–H and O–H groups in total. The lowest BCUT2D eigenvalue weighted by Gasteiger charge is -2.16. The third-order valence-corrected chi connectivity index (χ3v) is 5.10. The summed E-state index contributed by atoms with van der Waals surface area (Å²) in [6.07, 6.45) is 3.64. The van der Waals surface area contributed by atoms with Crippen LogP contribution in [0, 0.1) is 0 Å². The number of amides is 1. The van der Waals surface area contributed by atoms with Crippen LogP contribution in [0.15, 0.2) is 67.0 Å². The topological polar surface area (TPSA) is 90.6 Å². The molecule has 4 aromatic rings. The van der Waals surface area contributed by atoms with Crippen molar-refractivity contribution in [2.45, 2.75) is 25.4 Å². The number of hydrogen-bond acceptors (Lipinski definition) is 6. The van der Waals surface area contributed by atoms with Crippen molar-refractivity contribution in [3.63, 3.8) is 0 Å². The van der Waals surface area contributed by atoms with Crippen LogP contribution in [0.25, 0.3) is 17.0 Å². The maximum atomic E-state index is 12.1. The van der Waals surface area contributed by atoms with Gasteiger partial charge in [0, 0.05) is 18.2 Å². The van der Waals surface area contributed by atoms with Crippen molar-refractivity contribution in [3.05, 3.63) is 67.0 Å². The average Bonchev–Trinajstić information content (AvgIpc) is 3.20. The van der Waals surface area contributed by atoms with E-state index in [1.165, 1.54) is 6.33 Å². The molecule has 0 saturated carbocycles. The number of fused-ring (bicyclic) bond motifs is 1. The number of aromatic nitrogens is 4. The van der Waals surface area contributed by atoms with E-state index in [4.69, 9.17) is 9.47 Å². The van der Waals surface area contributed by atoms with E-state index in [0.29, 0.717) is 36.1 Å². The van der Waals surface area contributed by atoms with Crippen LogP contribution in [-0.4, -0.2) is 38.1 Å². The summed E-state index contributed by atoms with van der Waals surface area (Å²) in [5, 5.41) is 7.09. The van der Waals surface area contributed by atoms with Crippen LogP contribution in [0.1, 0.15) is 19.3 Å². The average molecular weight is 415 g/mol. The van der Waals surface area contributed by atoms with E-state index in [0.717, 1.165) is 24.1 Å². The molecule has 2 aromatic heterocycles. The van der Waals surface area contributed by atoms with Crippen LogP contribution in [0.3, 0.4) is 0 Å². The molecule has 8 nitrogen and oxygen atoms in total. The second-order valence-electron chi connectivity index (χ2n) is 7.28. The van der Waals surface area contributed by atoms with Gasteiger partial charge in [-0.05, 0) is 43.5 Å². The van der Waals surface area contributed by atoms with Gasteiger partial charge < -0.3 is 14.8 Å². The minimum atomic E-state index is -0.460. The zero-order valence-corrected chi connectivity index (χ0v) is 16.8. The molecule has 8 heteroatoms. The van der Waals surface area contributed by atoms with Crippen molar-refractivity contribution in [1.82, 2.24) is 24.9 Å². The summed E-state index contributed by atoms with van der Waals surface area (Å²) < 4.78 is 13.5. The lowest BCUT2D eigenvalue weighted by Crippen LogP contribution is -2.36. The fraction of sp³-hybridized carbons (Fsp3) is 0.217. The Morgan fingerprint density at radius 2 is 1.81 bits per heavy atom. The first-order chi connectivity index (χ1) is 15.3. The Kier molecular flexibility index (Phi) is 5.18. The van der Waals surface area contributed by atoms with Crippen molar-refractivity contribution in [2.75, 3.05) is 6.54 Å². The normalized spacial score (nSPS) is 16.5. The van der Waals surface area contributed by atoms with Crippen LogP contribution in [0.5, 0.6) is 17.4 Å². The standard InChI is InChI=1S/C23H21N5O3/c29-22-20(8-4-5-13-24-22)30-17-9-11-18(12-10-17)31-21-14-19(16-6-2-1-3-7-16)27-23-25-15-26-28(21)23/h1-3,6-7,9-12,14-15,20H,4-5,8,13H2,(H,24,29). The van der Waals surface area contributed by atoms with Gasteiger partial charge in [-0.15, -0.1) is 0 Å². The molecule has 0 bridgehead atoms. The van der Waals surface area contributed by atoms with E-state index >= 15 is 0 Å². The molecule has 5 rings (SSSR count). The van der Waals surface area contributed by atoms with E-state index in [9.17, 15) is 4.79 Å². The minimum absolute atomic E-state index is 0.0587. The molecule has 1 unspecified atom stereocenters. The number of carbonyl (C=O) groups excluding carboxylic acids is 1. The second-order valence-corrected chi connectivity index (χ2v) is 7.28. The van der Waals surface area contributed by atoms with Crippen molar-refractivity contribution in [1.29, 1.82) is 0 Å². The van der Waals surface area contributed by atoms with E-state index in [-0.39, 0.29) is 5.91 Å². The van der Waals surface area contributed by atoms with Crippen LogP contribution < -0.4 is 14.8 Å². The highest BCUT2D eigenvalue weighted by atomic mass is 16.5. The molecule has 1 saturated heterocycles. The molecule has 0 aliphatic carbocycles. The third kappa shape index (κ3) is 4.18. The molecule has 0 radical (unpaired) electrons. The molecule has 1 aliphatic heterocycles. The van der Waals surface area contributed by atoms with Crippen molar-refractivity contribution < 1.29 is 14.3 Å². The molecule has 1 atom stereocenters. The molecular weight excluding hydrogens is 394 g/mol. The molecular formula is C23H21N5O3. The Labute approximate surface area is 178 Å². The lowest BCUT2D eigenvalue weighted by molar-refractivity contribution is -0.127. The van der Waals surface area contributed by atoms with Crippen molar-refractivity contribution >= 4 is 11.7 Å². The van der Waals surface area contributed by atoms with Crippen LogP contribution in [-0.2, 0) is 4.79 Å². The number of nitrogens with zero attached hydrogens (tertiary/aromatic N) is 4. The zero-order chi connectivity index (χ0) is 21.0. The smallest absolute Gasteiger partial charge is 0.261 e. The van der Waals surface area contributed by atoms with Crippen molar-refractivity contribution in [2.24, 2.45) is 0 Å². The Morgan fingerprint density at radius 3 is 2.65 bits per heavy atom. The second kappa shape index (κ2) is 8.43. The summed E-state index contributed by atoms with van der Waals surface area (Å²) in [6, 6.07) is 18.9. The van der Waals surface area contributed by atoms with Crippen molar-refractivity contribution in [3.8, 4) is 28.6 Å². The SMILES string of the molecule is O=C1NCCCCC1Oc1ccc(Oc2cc(-c3ccccc3)nc3ncnn23)cc1. The number of rotatable bonds is 5. The molecule has 3 heterocycles. The number of carbonyl (C=O) groups is 1. The monoisotopic (exact) mass is 415 g/mol. The first-order valence-corrected chi connectivity index (χ1v) is 10.2. The fourth-order valence-corrected chi connectivity index (χ4v) is 3.51. The molecule has 156 valence electrons. The summed E-state index contributed by atoms with van der Waals surface area (Å²) in [7, 11) is 0. The van der Waals surface area contributed by atoms with Gasteiger partial charge in [0.2, 0.25) is 5.88 Å². The molecule has 1 aliphatic rings.